The van der Waals surface area contributed by atoms with Gasteiger partial charge in [-0.25, -0.2) is 0 Å². The minimum absolute atomic E-state index is 0.000700. The van der Waals surface area contributed by atoms with Gasteiger partial charge in [0.05, 0.1) is 12.6 Å². The van der Waals surface area contributed by atoms with E-state index in [1.54, 1.807) is 0 Å². The third-order valence-electron chi connectivity index (χ3n) is 6.43. The van der Waals surface area contributed by atoms with Gasteiger partial charge in [0, 0.05) is 66.8 Å². The van der Waals surface area contributed by atoms with Crippen LogP contribution in [0.2, 0.25) is 0 Å². The van der Waals surface area contributed by atoms with E-state index in [1.807, 2.05) is 19.9 Å². The van der Waals surface area contributed by atoms with E-state index >= 15 is 0 Å². The predicted octanol–water partition coefficient (Wildman–Crippen LogP) is 2.90. The molecule has 1 aliphatic rings. The molecule has 1 saturated heterocycles. The molecule has 2 heterocycles. The van der Waals surface area contributed by atoms with Crippen molar-refractivity contribution in [2.45, 2.75) is 33.4 Å². The average molecular weight is 436 g/mol. The van der Waals surface area contributed by atoms with Gasteiger partial charge < -0.3 is 15.2 Å². The van der Waals surface area contributed by atoms with Crippen LogP contribution < -0.4 is 10.6 Å². The number of para-hydroxylation sites is 1. The molecule has 4 rings (SSSR count). The van der Waals surface area contributed by atoms with Crippen molar-refractivity contribution in [3.63, 3.8) is 0 Å². The molecule has 2 aromatic carbocycles. The first-order valence-corrected chi connectivity index (χ1v) is 11.6. The summed E-state index contributed by atoms with van der Waals surface area (Å²) < 4.78 is 2.30. The van der Waals surface area contributed by atoms with Gasteiger partial charge in [-0.05, 0) is 45.0 Å². The van der Waals surface area contributed by atoms with Crippen molar-refractivity contribution in [2.75, 3.05) is 44.6 Å². The standard InChI is InChI=1S/C25H33N5O2/c1-4-26-24(31)17-28-12-14-29(15-13-28)18(3)25(32)27-19-10-11-23-21(16-19)20-8-6-7-9-22(20)30(23)5-2/h6-11,16,18H,4-5,12-15,17H2,1-3H3,(H,26,31)(H,27,32). The SMILES string of the molecule is CCNC(=O)CN1CCN(C(C)C(=O)Nc2ccc3c(c2)c2ccccc2n3CC)CC1. The second-order valence-corrected chi connectivity index (χ2v) is 8.42. The Kier molecular flexibility index (Phi) is 6.77. The van der Waals surface area contributed by atoms with Crippen molar-refractivity contribution in [3.05, 3.63) is 42.5 Å². The third-order valence-corrected chi connectivity index (χ3v) is 6.43. The van der Waals surface area contributed by atoms with Crippen molar-refractivity contribution in [2.24, 2.45) is 0 Å². The zero-order valence-electron chi connectivity index (χ0n) is 19.2. The van der Waals surface area contributed by atoms with Gasteiger partial charge in [-0.3, -0.25) is 19.4 Å². The number of carbonyl (C=O) groups is 2. The molecule has 1 aromatic heterocycles. The highest BCUT2D eigenvalue weighted by Crippen LogP contribution is 2.31. The molecular formula is C25H33N5O2. The first-order chi connectivity index (χ1) is 15.5. The van der Waals surface area contributed by atoms with E-state index in [4.69, 9.17) is 0 Å². The molecule has 170 valence electrons. The van der Waals surface area contributed by atoms with Crippen molar-refractivity contribution in [1.82, 2.24) is 19.7 Å². The van der Waals surface area contributed by atoms with Crippen LogP contribution in [0.15, 0.2) is 42.5 Å². The van der Waals surface area contributed by atoms with Gasteiger partial charge in [-0.15, -0.1) is 0 Å². The molecule has 1 unspecified atom stereocenters. The number of rotatable bonds is 7. The lowest BCUT2D eigenvalue weighted by molar-refractivity contribution is -0.124. The molecule has 7 nitrogen and oxygen atoms in total. The van der Waals surface area contributed by atoms with Crippen molar-refractivity contribution in [3.8, 4) is 0 Å². The molecule has 1 fully saturated rings. The van der Waals surface area contributed by atoms with Gasteiger partial charge >= 0.3 is 0 Å². The lowest BCUT2D eigenvalue weighted by Gasteiger charge is -2.37. The van der Waals surface area contributed by atoms with E-state index in [-0.39, 0.29) is 17.9 Å². The summed E-state index contributed by atoms with van der Waals surface area (Å²) in [5, 5.41) is 8.32. The van der Waals surface area contributed by atoms with Crippen LogP contribution in [0.3, 0.4) is 0 Å². The Morgan fingerprint density at radius 3 is 2.41 bits per heavy atom. The number of nitrogens with one attached hydrogen (secondary N) is 2. The number of amides is 2. The molecule has 7 heteroatoms. The molecule has 1 atom stereocenters. The highest BCUT2D eigenvalue weighted by atomic mass is 16.2. The van der Waals surface area contributed by atoms with Crippen molar-refractivity contribution in [1.29, 1.82) is 0 Å². The van der Waals surface area contributed by atoms with Crippen LogP contribution in [-0.2, 0) is 16.1 Å². The van der Waals surface area contributed by atoms with Crippen LogP contribution in [0, 0.1) is 0 Å². The number of piperazine rings is 1. The average Bonchev–Trinajstić information content (AvgIpc) is 3.12. The molecule has 0 radical (unpaired) electrons. The van der Waals surface area contributed by atoms with Gasteiger partial charge in [0.15, 0.2) is 0 Å². The van der Waals surface area contributed by atoms with Crippen LogP contribution in [0.5, 0.6) is 0 Å². The summed E-state index contributed by atoms with van der Waals surface area (Å²) in [6.45, 7) is 11.1. The summed E-state index contributed by atoms with van der Waals surface area (Å²) in [6, 6.07) is 14.3. The van der Waals surface area contributed by atoms with E-state index in [1.165, 1.54) is 16.4 Å². The van der Waals surface area contributed by atoms with E-state index < -0.39 is 0 Å². The topological polar surface area (TPSA) is 69.6 Å². The summed E-state index contributed by atoms with van der Waals surface area (Å²) in [6.07, 6.45) is 0. The van der Waals surface area contributed by atoms with Gasteiger partial charge in [0.25, 0.3) is 0 Å². The number of nitrogens with zero attached hydrogens (tertiary/aromatic N) is 3. The van der Waals surface area contributed by atoms with E-state index in [0.29, 0.717) is 13.1 Å². The summed E-state index contributed by atoms with van der Waals surface area (Å²) >= 11 is 0. The number of likely N-dealkylation sites (N-methyl/N-ethyl adjacent to an activating group) is 1. The number of benzene rings is 2. The maximum absolute atomic E-state index is 13.0. The number of anilines is 1. The zero-order valence-corrected chi connectivity index (χ0v) is 19.2. The smallest absolute Gasteiger partial charge is 0.241 e. The summed E-state index contributed by atoms with van der Waals surface area (Å²) in [5.74, 6) is 0.0623. The van der Waals surface area contributed by atoms with Crippen LogP contribution >= 0.6 is 0 Å². The summed E-state index contributed by atoms with van der Waals surface area (Å²) in [5.41, 5.74) is 3.22. The Balaban J connectivity index is 1.42. The fraction of sp³-hybridized carbons (Fsp3) is 0.440. The minimum atomic E-state index is -0.228. The van der Waals surface area contributed by atoms with Gasteiger partial charge in [-0.1, -0.05) is 18.2 Å². The molecule has 3 aromatic rings. The second-order valence-electron chi connectivity index (χ2n) is 8.42. The predicted molar refractivity (Wildman–Crippen MR) is 130 cm³/mol. The first-order valence-electron chi connectivity index (χ1n) is 11.6. The summed E-state index contributed by atoms with van der Waals surface area (Å²) in [7, 11) is 0. The van der Waals surface area contributed by atoms with Crippen molar-refractivity contribution >= 4 is 39.3 Å². The Bertz CT molecular complexity index is 1110. The maximum atomic E-state index is 13.0. The van der Waals surface area contributed by atoms with Gasteiger partial charge in [-0.2, -0.15) is 0 Å². The minimum Gasteiger partial charge on any atom is -0.355 e. The monoisotopic (exact) mass is 435 g/mol. The highest BCUT2D eigenvalue weighted by molar-refractivity contribution is 6.10. The Morgan fingerprint density at radius 2 is 1.69 bits per heavy atom. The van der Waals surface area contributed by atoms with Crippen LogP contribution in [0.4, 0.5) is 5.69 Å². The highest BCUT2D eigenvalue weighted by Gasteiger charge is 2.26. The van der Waals surface area contributed by atoms with Crippen LogP contribution in [0.1, 0.15) is 20.8 Å². The Morgan fingerprint density at radius 1 is 0.969 bits per heavy atom. The van der Waals surface area contributed by atoms with E-state index in [9.17, 15) is 9.59 Å². The van der Waals surface area contributed by atoms with Crippen LogP contribution in [0.25, 0.3) is 21.8 Å². The maximum Gasteiger partial charge on any atom is 0.241 e. The number of fused-ring (bicyclic) bond motifs is 3. The lowest BCUT2D eigenvalue weighted by Crippen LogP contribution is -2.54. The number of aryl methyl sites for hydroxylation is 1. The molecule has 0 aliphatic carbocycles. The molecule has 32 heavy (non-hydrogen) atoms. The Labute approximate surface area is 189 Å². The second kappa shape index (κ2) is 9.71. The van der Waals surface area contributed by atoms with E-state index in [2.05, 4.69) is 68.3 Å². The molecule has 0 spiro atoms. The molecule has 2 N–H and O–H groups in total. The number of hydrogen-bond acceptors (Lipinski definition) is 4. The fourth-order valence-corrected chi connectivity index (χ4v) is 4.65. The van der Waals surface area contributed by atoms with Crippen molar-refractivity contribution < 1.29 is 9.59 Å². The van der Waals surface area contributed by atoms with Crippen LogP contribution in [-0.4, -0.2) is 71.5 Å². The molecule has 1 aliphatic heterocycles. The fourth-order valence-electron chi connectivity index (χ4n) is 4.65. The third kappa shape index (κ3) is 4.49. The molecule has 0 saturated carbocycles. The van der Waals surface area contributed by atoms with Gasteiger partial charge in [0.1, 0.15) is 0 Å². The number of carbonyl (C=O) groups excluding carboxylic acids is 2. The normalized spacial score (nSPS) is 16.3. The Hall–Kier alpha value is -2.90. The molecular weight excluding hydrogens is 402 g/mol. The zero-order chi connectivity index (χ0) is 22.7. The number of aromatic nitrogens is 1. The summed E-state index contributed by atoms with van der Waals surface area (Å²) in [4.78, 5) is 29.1. The molecule has 0 bridgehead atoms. The quantitative estimate of drug-likeness (QED) is 0.599. The van der Waals surface area contributed by atoms with Gasteiger partial charge in [0.2, 0.25) is 11.8 Å². The molecule has 2 amide bonds. The number of hydrogen-bond donors (Lipinski definition) is 2. The first kappa shape index (κ1) is 22.3. The van der Waals surface area contributed by atoms with E-state index in [0.717, 1.165) is 43.8 Å². The lowest BCUT2D eigenvalue weighted by atomic mass is 10.1. The largest absolute Gasteiger partial charge is 0.355 e.